The molecule has 0 aromatic carbocycles. The van der Waals surface area contributed by atoms with Gasteiger partial charge in [-0.15, -0.1) is 11.3 Å². The number of amides is 2. The van der Waals surface area contributed by atoms with Gasteiger partial charge in [-0.05, 0) is 40.0 Å². The molecule has 0 radical (unpaired) electrons. The summed E-state index contributed by atoms with van der Waals surface area (Å²) in [5.74, 6) is 0.227. The Balaban J connectivity index is 1.92. The number of carbonyl (C=O) groups is 2. The molecular formula is C19H29N3O2S. The van der Waals surface area contributed by atoms with E-state index in [1.807, 2.05) is 25.7 Å². The molecule has 2 aliphatic rings. The highest BCUT2D eigenvalue weighted by Gasteiger charge is 2.50. The number of likely N-dealkylation sites (N-methyl/N-ethyl adjacent to an activating group) is 1. The molecule has 0 N–H and O–H groups in total. The summed E-state index contributed by atoms with van der Waals surface area (Å²) in [7, 11) is 0. The minimum atomic E-state index is -0.0762. The van der Waals surface area contributed by atoms with Crippen molar-refractivity contribution in [1.29, 1.82) is 0 Å². The summed E-state index contributed by atoms with van der Waals surface area (Å²) in [5, 5.41) is 0.938. The van der Waals surface area contributed by atoms with E-state index in [4.69, 9.17) is 0 Å². The smallest absolute Gasteiger partial charge is 0.266 e. The van der Waals surface area contributed by atoms with Gasteiger partial charge in [-0.3, -0.25) is 9.59 Å². The molecule has 2 amide bonds. The van der Waals surface area contributed by atoms with Gasteiger partial charge in [-0.1, -0.05) is 19.3 Å². The van der Waals surface area contributed by atoms with Gasteiger partial charge in [0.25, 0.3) is 5.91 Å². The second-order valence-corrected chi connectivity index (χ2v) is 8.71. The molecule has 2 fully saturated rings. The Bertz CT molecular complexity index is 664. The van der Waals surface area contributed by atoms with Crippen LogP contribution in [-0.4, -0.2) is 51.3 Å². The van der Waals surface area contributed by atoms with E-state index in [0.717, 1.165) is 34.8 Å². The van der Waals surface area contributed by atoms with E-state index in [-0.39, 0.29) is 23.4 Å². The number of hydrogen-bond acceptors (Lipinski definition) is 4. The Morgan fingerprint density at radius 1 is 1.28 bits per heavy atom. The highest BCUT2D eigenvalue weighted by atomic mass is 32.1. The lowest BCUT2D eigenvalue weighted by molar-refractivity contribution is -0.130. The minimum absolute atomic E-state index is 0.0762. The lowest BCUT2D eigenvalue weighted by atomic mass is 9.79. The van der Waals surface area contributed by atoms with Crippen LogP contribution in [0.4, 0.5) is 0 Å². The van der Waals surface area contributed by atoms with Crippen LogP contribution < -0.4 is 0 Å². The Labute approximate surface area is 154 Å². The van der Waals surface area contributed by atoms with Crippen LogP contribution in [0, 0.1) is 13.8 Å². The molecule has 25 heavy (non-hydrogen) atoms. The van der Waals surface area contributed by atoms with Crippen molar-refractivity contribution in [3.05, 3.63) is 15.6 Å². The van der Waals surface area contributed by atoms with Crippen molar-refractivity contribution in [2.45, 2.75) is 77.8 Å². The number of aryl methyl sites for hydroxylation is 2. The predicted octanol–water partition coefficient (Wildman–Crippen LogP) is 3.55. The standard InChI is InChI=1S/C19H29N3O2S/c1-5-21(15(4)23)16-11-19(9-7-6-8-10-19)22(12-16)18(24)17-13(2)20-14(3)25-17/h16H,5-12H2,1-4H3. The number of rotatable bonds is 3. The first-order valence-electron chi connectivity index (χ1n) is 9.41. The molecule has 1 aliphatic carbocycles. The molecule has 2 heterocycles. The first-order valence-corrected chi connectivity index (χ1v) is 10.2. The molecule has 1 aromatic rings. The molecule has 1 aromatic heterocycles. The predicted molar refractivity (Wildman–Crippen MR) is 99.9 cm³/mol. The third kappa shape index (κ3) is 3.33. The average Bonchev–Trinajstić information content (AvgIpc) is 3.08. The number of likely N-dealkylation sites (tertiary alicyclic amines) is 1. The van der Waals surface area contributed by atoms with Crippen molar-refractivity contribution in [3.8, 4) is 0 Å². The average molecular weight is 364 g/mol. The van der Waals surface area contributed by atoms with Gasteiger partial charge in [-0.25, -0.2) is 4.98 Å². The van der Waals surface area contributed by atoms with Crippen LogP contribution in [0.15, 0.2) is 0 Å². The normalized spacial score (nSPS) is 22.4. The largest absolute Gasteiger partial charge is 0.338 e. The summed E-state index contributed by atoms with van der Waals surface area (Å²) in [6.45, 7) is 8.89. The fourth-order valence-corrected chi connectivity index (χ4v) is 5.67. The maximum Gasteiger partial charge on any atom is 0.266 e. The fourth-order valence-electron chi connectivity index (χ4n) is 4.80. The van der Waals surface area contributed by atoms with Gasteiger partial charge in [0.05, 0.1) is 16.7 Å². The van der Waals surface area contributed by atoms with Crippen LogP contribution in [0.1, 0.15) is 72.7 Å². The maximum atomic E-state index is 13.4. The lowest BCUT2D eigenvalue weighted by Crippen LogP contribution is -2.48. The van der Waals surface area contributed by atoms with E-state index in [1.54, 1.807) is 6.92 Å². The molecule has 0 bridgehead atoms. The number of nitrogens with zero attached hydrogens (tertiary/aromatic N) is 3. The van der Waals surface area contributed by atoms with E-state index in [1.165, 1.54) is 30.6 Å². The van der Waals surface area contributed by atoms with Crippen LogP contribution in [0.25, 0.3) is 0 Å². The first-order chi connectivity index (χ1) is 11.9. The third-order valence-corrected chi connectivity index (χ3v) is 6.96. The lowest BCUT2D eigenvalue weighted by Gasteiger charge is -2.41. The van der Waals surface area contributed by atoms with Crippen LogP contribution in [0.2, 0.25) is 0 Å². The second-order valence-electron chi connectivity index (χ2n) is 7.51. The van der Waals surface area contributed by atoms with Crippen LogP contribution >= 0.6 is 11.3 Å². The van der Waals surface area contributed by atoms with Crippen molar-refractivity contribution < 1.29 is 9.59 Å². The number of aromatic nitrogens is 1. The quantitative estimate of drug-likeness (QED) is 0.825. The Kier molecular flexibility index (Phi) is 5.19. The van der Waals surface area contributed by atoms with Crippen molar-refractivity contribution in [1.82, 2.24) is 14.8 Å². The highest BCUT2D eigenvalue weighted by molar-refractivity contribution is 7.13. The second kappa shape index (κ2) is 7.06. The first kappa shape index (κ1) is 18.4. The van der Waals surface area contributed by atoms with Crippen LogP contribution in [0.3, 0.4) is 0 Å². The van der Waals surface area contributed by atoms with Crippen molar-refractivity contribution in [3.63, 3.8) is 0 Å². The van der Waals surface area contributed by atoms with Gasteiger partial charge in [0.15, 0.2) is 0 Å². The zero-order chi connectivity index (χ0) is 18.2. The molecule has 1 spiro atoms. The van der Waals surface area contributed by atoms with E-state index in [2.05, 4.69) is 9.88 Å². The molecule has 1 saturated carbocycles. The summed E-state index contributed by atoms with van der Waals surface area (Å²) in [6, 6.07) is 0.138. The van der Waals surface area contributed by atoms with Crippen LogP contribution in [-0.2, 0) is 4.79 Å². The molecule has 6 heteroatoms. The highest BCUT2D eigenvalue weighted by Crippen LogP contribution is 2.44. The third-order valence-electron chi connectivity index (χ3n) is 5.89. The molecule has 138 valence electrons. The molecule has 5 nitrogen and oxygen atoms in total. The zero-order valence-electron chi connectivity index (χ0n) is 15.8. The van der Waals surface area contributed by atoms with Gasteiger partial charge < -0.3 is 9.80 Å². The summed E-state index contributed by atoms with van der Waals surface area (Å²) in [4.78, 5) is 34.7. The molecule has 1 unspecified atom stereocenters. The van der Waals surface area contributed by atoms with Crippen molar-refractivity contribution >= 4 is 23.2 Å². The topological polar surface area (TPSA) is 53.5 Å². The van der Waals surface area contributed by atoms with Gasteiger partial charge in [0.1, 0.15) is 4.88 Å². The Morgan fingerprint density at radius 2 is 1.96 bits per heavy atom. The minimum Gasteiger partial charge on any atom is -0.338 e. The van der Waals surface area contributed by atoms with Gasteiger partial charge in [-0.2, -0.15) is 0 Å². The van der Waals surface area contributed by atoms with E-state index >= 15 is 0 Å². The van der Waals surface area contributed by atoms with E-state index in [0.29, 0.717) is 13.1 Å². The maximum absolute atomic E-state index is 13.4. The number of hydrogen-bond donors (Lipinski definition) is 0. The van der Waals surface area contributed by atoms with Gasteiger partial charge in [0.2, 0.25) is 5.91 Å². The van der Waals surface area contributed by atoms with Crippen molar-refractivity contribution in [2.75, 3.05) is 13.1 Å². The molecule has 3 rings (SSSR count). The van der Waals surface area contributed by atoms with E-state index < -0.39 is 0 Å². The fraction of sp³-hybridized carbons (Fsp3) is 0.737. The van der Waals surface area contributed by atoms with Crippen LogP contribution in [0.5, 0.6) is 0 Å². The van der Waals surface area contributed by atoms with E-state index in [9.17, 15) is 9.59 Å². The summed E-state index contributed by atoms with van der Waals surface area (Å²) < 4.78 is 0. The summed E-state index contributed by atoms with van der Waals surface area (Å²) in [6.07, 6.45) is 6.62. The SMILES string of the molecule is CCN(C(C)=O)C1CN(C(=O)c2sc(C)nc2C)C2(CCCCC2)C1. The monoisotopic (exact) mass is 363 g/mol. The number of carbonyl (C=O) groups excluding carboxylic acids is 2. The van der Waals surface area contributed by atoms with Gasteiger partial charge in [0, 0.05) is 25.6 Å². The Morgan fingerprint density at radius 3 is 2.48 bits per heavy atom. The molecule has 1 saturated heterocycles. The Hall–Kier alpha value is -1.43. The molecular weight excluding hydrogens is 334 g/mol. The van der Waals surface area contributed by atoms with Gasteiger partial charge >= 0.3 is 0 Å². The molecule has 1 aliphatic heterocycles. The van der Waals surface area contributed by atoms with Crippen molar-refractivity contribution in [2.24, 2.45) is 0 Å². The zero-order valence-corrected chi connectivity index (χ0v) is 16.6. The summed E-state index contributed by atoms with van der Waals surface area (Å²) in [5.41, 5.74) is 0.758. The summed E-state index contributed by atoms with van der Waals surface area (Å²) >= 11 is 1.50. The molecule has 1 atom stereocenters. The number of thiazole rings is 1.